The predicted octanol–water partition coefficient (Wildman–Crippen LogP) is 4.07. The fraction of sp³-hybridized carbons (Fsp3) is 0.182. The molecular weight excluding hydrogens is 362 g/mol. The van der Waals surface area contributed by atoms with Crippen molar-refractivity contribution in [1.82, 2.24) is 10.3 Å². The summed E-state index contributed by atoms with van der Waals surface area (Å²) in [4.78, 5) is 16.1. The summed E-state index contributed by atoms with van der Waals surface area (Å²) in [6.07, 6.45) is 3.26. The van der Waals surface area contributed by atoms with Crippen LogP contribution in [0.4, 0.5) is 8.78 Å². The quantitative estimate of drug-likeness (QED) is 0.742. The van der Waals surface area contributed by atoms with Crippen molar-refractivity contribution in [3.05, 3.63) is 83.2 Å². The number of pyridine rings is 1. The first kappa shape index (κ1) is 18.1. The molecule has 0 spiro atoms. The average Bonchev–Trinajstić information content (AvgIpc) is 3.11. The lowest BCUT2D eigenvalue weighted by Gasteiger charge is -2.14. The highest BCUT2D eigenvalue weighted by atomic mass is 19.1. The molecule has 0 fully saturated rings. The van der Waals surface area contributed by atoms with E-state index in [2.05, 4.69) is 10.3 Å². The molecule has 1 aliphatic rings. The van der Waals surface area contributed by atoms with Crippen LogP contribution in [0.5, 0.6) is 5.75 Å². The van der Waals surface area contributed by atoms with Crippen molar-refractivity contribution in [3.8, 4) is 16.9 Å². The largest absolute Gasteiger partial charge is 0.487 e. The van der Waals surface area contributed by atoms with Crippen molar-refractivity contribution in [2.45, 2.75) is 19.4 Å². The molecule has 0 saturated heterocycles. The first-order valence-corrected chi connectivity index (χ1v) is 8.95. The Balaban J connectivity index is 1.53. The second-order valence-electron chi connectivity index (χ2n) is 6.80. The number of nitrogens with zero attached hydrogens (tertiary/aromatic N) is 1. The van der Waals surface area contributed by atoms with Crippen LogP contribution >= 0.6 is 0 Å². The van der Waals surface area contributed by atoms with Crippen molar-refractivity contribution in [1.29, 1.82) is 0 Å². The lowest BCUT2D eigenvalue weighted by molar-refractivity contribution is 0.0933. The van der Waals surface area contributed by atoms with E-state index >= 15 is 0 Å². The van der Waals surface area contributed by atoms with Gasteiger partial charge in [-0.3, -0.25) is 9.78 Å². The highest BCUT2D eigenvalue weighted by molar-refractivity contribution is 5.93. The van der Waals surface area contributed by atoms with Gasteiger partial charge < -0.3 is 10.1 Å². The van der Waals surface area contributed by atoms with Crippen LogP contribution in [0.1, 0.15) is 21.5 Å². The lowest BCUT2D eigenvalue weighted by Crippen LogP contribution is -2.34. The van der Waals surface area contributed by atoms with Crippen molar-refractivity contribution >= 4 is 5.91 Å². The van der Waals surface area contributed by atoms with E-state index in [0.29, 0.717) is 34.4 Å². The Hall–Kier alpha value is -3.28. The van der Waals surface area contributed by atoms with Crippen LogP contribution in [-0.2, 0) is 6.42 Å². The van der Waals surface area contributed by atoms with Gasteiger partial charge in [0.25, 0.3) is 5.91 Å². The maximum Gasteiger partial charge on any atom is 0.252 e. The molecule has 2 aromatic carbocycles. The molecule has 6 heteroatoms. The van der Waals surface area contributed by atoms with E-state index in [-0.39, 0.29) is 30.2 Å². The average molecular weight is 380 g/mol. The van der Waals surface area contributed by atoms with Gasteiger partial charge in [0, 0.05) is 29.9 Å². The molecule has 4 rings (SSSR count). The Morgan fingerprint density at radius 2 is 2.11 bits per heavy atom. The summed E-state index contributed by atoms with van der Waals surface area (Å²) >= 11 is 0. The van der Waals surface area contributed by atoms with E-state index in [1.165, 1.54) is 24.4 Å². The monoisotopic (exact) mass is 380 g/mol. The smallest absolute Gasteiger partial charge is 0.252 e. The van der Waals surface area contributed by atoms with Crippen LogP contribution in [0.15, 0.2) is 54.9 Å². The normalized spacial score (nSPS) is 15.0. The van der Waals surface area contributed by atoms with Crippen LogP contribution < -0.4 is 10.1 Å². The van der Waals surface area contributed by atoms with Crippen molar-refractivity contribution in [3.63, 3.8) is 0 Å². The molecule has 0 radical (unpaired) electrons. The van der Waals surface area contributed by atoms with Crippen LogP contribution in [-0.4, -0.2) is 23.5 Å². The molecule has 2 heterocycles. The molecule has 1 unspecified atom stereocenters. The van der Waals surface area contributed by atoms with E-state index in [0.717, 1.165) is 5.56 Å². The maximum absolute atomic E-state index is 14.1. The van der Waals surface area contributed by atoms with E-state index in [1.54, 1.807) is 37.4 Å². The second kappa shape index (κ2) is 7.38. The van der Waals surface area contributed by atoms with Gasteiger partial charge in [0.05, 0.1) is 12.1 Å². The summed E-state index contributed by atoms with van der Waals surface area (Å²) in [5.41, 5.74) is 2.95. The van der Waals surface area contributed by atoms with Gasteiger partial charge in [0.1, 0.15) is 23.5 Å². The van der Waals surface area contributed by atoms with Crippen molar-refractivity contribution in [2.24, 2.45) is 0 Å². The van der Waals surface area contributed by atoms with Crippen LogP contribution in [0, 0.1) is 18.6 Å². The highest BCUT2D eigenvalue weighted by Gasteiger charge is 2.27. The van der Waals surface area contributed by atoms with E-state index in [1.807, 2.05) is 0 Å². The Morgan fingerprint density at radius 1 is 1.25 bits per heavy atom. The zero-order valence-corrected chi connectivity index (χ0v) is 15.2. The van der Waals surface area contributed by atoms with E-state index in [9.17, 15) is 13.6 Å². The number of rotatable bonds is 4. The Morgan fingerprint density at radius 3 is 2.86 bits per heavy atom. The molecule has 1 amide bonds. The van der Waals surface area contributed by atoms with Crippen molar-refractivity contribution in [2.75, 3.05) is 6.54 Å². The predicted molar refractivity (Wildman–Crippen MR) is 101 cm³/mol. The molecule has 1 atom stereocenters. The fourth-order valence-electron chi connectivity index (χ4n) is 3.34. The molecule has 0 bridgehead atoms. The summed E-state index contributed by atoms with van der Waals surface area (Å²) in [5, 5.41) is 2.82. The number of halogens is 2. The van der Waals surface area contributed by atoms with Crippen molar-refractivity contribution < 1.29 is 18.3 Å². The van der Waals surface area contributed by atoms with Gasteiger partial charge in [-0.05, 0) is 54.4 Å². The number of fused-ring (bicyclic) bond motifs is 1. The topological polar surface area (TPSA) is 51.2 Å². The molecule has 0 aliphatic carbocycles. The summed E-state index contributed by atoms with van der Waals surface area (Å²) in [6.45, 7) is 1.95. The standard InChI is InChI=1S/C22H18F2N2O2/c1-13-7-14(4-5-20(13)24)19-10-17(23)8-16-9-18(28-21(16)19)12-26-22(27)15-3-2-6-25-11-15/h2-8,10-11,18H,9,12H2,1H3,(H,26,27). The number of carbonyl (C=O) groups is 1. The van der Waals surface area contributed by atoms with Gasteiger partial charge >= 0.3 is 0 Å². The molecule has 0 saturated carbocycles. The third kappa shape index (κ3) is 3.58. The summed E-state index contributed by atoms with van der Waals surface area (Å²) in [7, 11) is 0. The van der Waals surface area contributed by atoms with Gasteiger partial charge in [-0.2, -0.15) is 0 Å². The molecule has 4 nitrogen and oxygen atoms in total. The second-order valence-corrected chi connectivity index (χ2v) is 6.80. The number of benzene rings is 2. The number of carbonyl (C=O) groups excluding carboxylic acids is 1. The van der Waals surface area contributed by atoms with Gasteiger partial charge in [0.2, 0.25) is 0 Å². The molecule has 142 valence electrons. The summed E-state index contributed by atoms with van der Waals surface area (Å²) in [6, 6.07) is 10.8. The van der Waals surface area contributed by atoms with Gasteiger partial charge in [0.15, 0.2) is 0 Å². The number of amides is 1. The number of ether oxygens (including phenoxy) is 1. The molecule has 3 aromatic rings. The Labute approximate surface area is 161 Å². The third-order valence-electron chi connectivity index (χ3n) is 4.75. The zero-order chi connectivity index (χ0) is 19.7. The highest BCUT2D eigenvalue weighted by Crippen LogP contribution is 2.40. The fourth-order valence-corrected chi connectivity index (χ4v) is 3.34. The molecule has 1 aliphatic heterocycles. The van der Waals surface area contributed by atoms with E-state index in [4.69, 9.17) is 4.74 Å². The summed E-state index contributed by atoms with van der Waals surface area (Å²) < 4.78 is 33.8. The minimum atomic E-state index is -0.376. The third-order valence-corrected chi connectivity index (χ3v) is 4.75. The number of hydrogen-bond acceptors (Lipinski definition) is 3. The Bertz CT molecular complexity index is 1040. The molecule has 1 aromatic heterocycles. The number of aromatic nitrogens is 1. The first-order valence-electron chi connectivity index (χ1n) is 8.95. The minimum Gasteiger partial charge on any atom is -0.487 e. The SMILES string of the molecule is Cc1cc(-c2cc(F)cc3c2OC(CNC(=O)c2cccnc2)C3)ccc1F. The lowest BCUT2D eigenvalue weighted by atomic mass is 9.99. The van der Waals surface area contributed by atoms with Crippen LogP contribution in [0.25, 0.3) is 11.1 Å². The summed E-state index contributed by atoms with van der Waals surface area (Å²) in [5.74, 6) is -0.352. The minimum absolute atomic E-state index is 0.242. The molecular formula is C22H18F2N2O2. The van der Waals surface area contributed by atoms with Gasteiger partial charge in [-0.25, -0.2) is 8.78 Å². The Kier molecular flexibility index (Phi) is 4.77. The van der Waals surface area contributed by atoms with Crippen LogP contribution in [0.3, 0.4) is 0 Å². The number of hydrogen-bond donors (Lipinski definition) is 1. The molecule has 28 heavy (non-hydrogen) atoms. The zero-order valence-electron chi connectivity index (χ0n) is 15.2. The molecule has 1 N–H and O–H groups in total. The number of aryl methyl sites for hydroxylation is 1. The van der Waals surface area contributed by atoms with Gasteiger partial charge in [-0.1, -0.05) is 6.07 Å². The number of nitrogens with one attached hydrogen (secondary N) is 1. The first-order chi connectivity index (χ1) is 13.5. The maximum atomic E-state index is 14.1. The van der Waals surface area contributed by atoms with Crippen LogP contribution in [0.2, 0.25) is 0 Å². The van der Waals surface area contributed by atoms with Gasteiger partial charge in [-0.15, -0.1) is 0 Å². The van der Waals surface area contributed by atoms with E-state index < -0.39 is 0 Å².